The second kappa shape index (κ2) is 3.30. The predicted molar refractivity (Wildman–Crippen MR) is 52.2 cm³/mol. The summed E-state index contributed by atoms with van der Waals surface area (Å²) in [5.74, 6) is 0.379. The highest BCUT2D eigenvalue weighted by atomic mass is 35.5. The molecule has 3 heteroatoms. The van der Waals surface area contributed by atoms with E-state index in [1.807, 2.05) is 30.3 Å². The van der Waals surface area contributed by atoms with E-state index in [9.17, 15) is 0 Å². The van der Waals surface area contributed by atoms with Crippen molar-refractivity contribution in [3.8, 4) is 0 Å². The lowest BCUT2D eigenvalue weighted by Gasteiger charge is -2.27. The van der Waals surface area contributed by atoms with Gasteiger partial charge >= 0.3 is 0 Å². The van der Waals surface area contributed by atoms with Gasteiger partial charge in [-0.15, -0.1) is 11.6 Å². The van der Waals surface area contributed by atoms with Gasteiger partial charge in [0.15, 0.2) is 0 Å². The quantitative estimate of drug-likeness (QED) is 0.731. The van der Waals surface area contributed by atoms with Crippen LogP contribution in [0.1, 0.15) is 5.56 Å². The highest BCUT2D eigenvalue weighted by molar-refractivity contribution is 6.18. The molecule has 0 radical (unpaired) electrons. The molecule has 1 aliphatic rings. The maximum Gasteiger partial charge on any atom is 0.219 e. The highest BCUT2D eigenvalue weighted by Crippen LogP contribution is 2.27. The van der Waals surface area contributed by atoms with Gasteiger partial charge in [0.2, 0.25) is 5.72 Å². The van der Waals surface area contributed by atoms with Crippen LogP contribution in [-0.2, 0) is 10.5 Å². The van der Waals surface area contributed by atoms with Crippen LogP contribution in [0.15, 0.2) is 42.8 Å². The molecule has 0 aromatic heterocycles. The lowest BCUT2D eigenvalue weighted by Crippen LogP contribution is -2.39. The van der Waals surface area contributed by atoms with Crippen LogP contribution in [0.3, 0.4) is 0 Å². The summed E-state index contributed by atoms with van der Waals surface area (Å²) in [6.45, 7) is 0. The molecule has 68 valence electrons. The number of hydrogen-bond acceptors (Lipinski definition) is 2. The van der Waals surface area contributed by atoms with Crippen molar-refractivity contribution < 1.29 is 4.74 Å². The highest BCUT2D eigenvalue weighted by Gasteiger charge is 2.33. The first kappa shape index (κ1) is 8.45. The van der Waals surface area contributed by atoms with E-state index < -0.39 is 5.72 Å². The number of alkyl halides is 1. The van der Waals surface area contributed by atoms with Crippen LogP contribution >= 0.6 is 11.6 Å². The Hall–Kier alpha value is -1.15. The zero-order valence-electron chi connectivity index (χ0n) is 7.03. The first-order valence-corrected chi connectivity index (χ1v) is 4.63. The van der Waals surface area contributed by atoms with E-state index in [1.54, 1.807) is 12.5 Å². The van der Waals surface area contributed by atoms with Gasteiger partial charge in [0.05, 0.1) is 5.88 Å². The molecule has 1 unspecified atom stereocenters. The number of halogens is 1. The van der Waals surface area contributed by atoms with Crippen LogP contribution in [-0.4, -0.2) is 5.88 Å². The van der Waals surface area contributed by atoms with Gasteiger partial charge in [0.1, 0.15) is 6.26 Å². The Morgan fingerprint density at radius 2 is 2.08 bits per heavy atom. The summed E-state index contributed by atoms with van der Waals surface area (Å²) >= 11 is 5.87. The molecule has 2 rings (SSSR count). The van der Waals surface area contributed by atoms with E-state index in [0.29, 0.717) is 5.88 Å². The van der Waals surface area contributed by atoms with Gasteiger partial charge in [0, 0.05) is 11.8 Å². The monoisotopic (exact) mass is 195 g/mol. The number of nitrogens with one attached hydrogen (secondary N) is 1. The summed E-state index contributed by atoms with van der Waals surface area (Å²) in [7, 11) is 0. The lowest BCUT2D eigenvalue weighted by atomic mass is 10.1. The molecule has 0 aliphatic carbocycles. The fraction of sp³-hybridized carbons (Fsp3) is 0.200. The van der Waals surface area contributed by atoms with Crippen molar-refractivity contribution in [2.75, 3.05) is 5.88 Å². The predicted octanol–water partition coefficient (Wildman–Crippen LogP) is 2.17. The molecule has 1 aliphatic heterocycles. The van der Waals surface area contributed by atoms with Crippen LogP contribution in [0, 0.1) is 0 Å². The Labute approximate surface area is 82.2 Å². The Morgan fingerprint density at radius 1 is 1.31 bits per heavy atom. The van der Waals surface area contributed by atoms with Gasteiger partial charge < -0.3 is 10.1 Å². The Balaban J connectivity index is 2.32. The van der Waals surface area contributed by atoms with Crippen molar-refractivity contribution in [2.24, 2.45) is 0 Å². The van der Waals surface area contributed by atoms with Gasteiger partial charge in [-0.3, -0.25) is 0 Å². The molecule has 2 nitrogen and oxygen atoms in total. The third-order valence-electron chi connectivity index (χ3n) is 2.08. The average Bonchev–Trinajstić information content (AvgIpc) is 2.69. The van der Waals surface area contributed by atoms with Gasteiger partial charge in [-0.1, -0.05) is 30.3 Å². The van der Waals surface area contributed by atoms with E-state index in [2.05, 4.69) is 5.32 Å². The standard InChI is InChI=1S/C10H10ClNO/c11-8-10(12-6-7-13-10)9-4-2-1-3-5-9/h1-7,12H,8H2. The topological polar surface area (TPSA) is 21.3 Å². The van der Waals surface area contributed by atoms with Gasteiger partial charge in [0.25, 0.3) is 0 Å². The second-order valence-corrected chi connectivity index (χ2v) is 3.16. The third-order valence-corrected chi connectivity index (χ3v) is 2.46. The van der Waals surface area contributed by atoms with Crippen LogP contribution in [0.4, 0.5) is 0 Å². The molecule has 1 N–H and O–H groups in total. The number of rotatable bonds is 2. The summed E-state index contributed by atoms with van der Waals surface area (Å²) in [6.07, 6.45) is 3.38. The fourth-order valence-electron chi connectivity index (χ4n) is 1.36. The molecule has 1 atom stereocenters. The minimum Gasteiger partial charge on any atom is -0.469 e. The van der Waals surface area contributed by atoms with Gasteiger partial charge in [-0.05, 0) is 0 Å². The summed E-state index contributed by atoms with van der Waals surface area (Å²) in [5.41, 5.74) is 0.470. The second-order valence-electron chi connectivity index (χ2n) is 2.89. The van der Waals surface area contributed by atoms with Crippen LogP contribution in [0.5, 0.6) is 0 Å². The molecule has 0 saturated carbocycles. The molecule has 1 aromatic carbocycles. The molecule has 1 aromatic rings. The molecular formula is C10H10ClNO. The molecule has 0 saturated heterocycles. The molecule has 13 heavy (non-hydrogen) atoms. The summed E-state index contributed by atoms with van der Waals surface area (Å²) in [6, 6.07) is 9.87. The Morgan fingerprint density at radius 3 is 2.62 bits per heavy atom. The minimum atomic E-state index is -0.567. The normalized spacial score (nSPS) is 25.3. The van der Waals surface area contributed by atoms with Crippen molar-refractivity contribution in [1.82, 2.24) is 5.32 Å². The van der Waals surface area contributed by atoms with E-state index in [4.69, 9.17) is 16.3 Å². The smallest absolute Gasteiger partial charge is 0.219 e. The van der Waals surface area contributed by atoms with Gasteiger partial charge in [-0.25, -0.2) is 0 Å². The Bertz CT molecular complexity index is 302. The van der Waals surface area contributed by atoms with E-state index in [1.165, 1.54) is 0 Å². The van der Waals surface area contributed by atoms with Crippen molar-refractivity contribution >= 4 is 11.6 Å². The first-order chi connectivity index (χ1) is 6.37. The largest absolute Gasteiger partial charge is 0.469 e. The molecule has 0 fully saturated rings. The van der Waals surface area contributed by atoms with E-state index in [0.717, 1.165) is 5.56 Å². The molecule has 0 bridgehead atoms. The van der Waals surface area contributed by atoms with Crippen LogP contribution < -0.4 is 5.32 Å². The van der Waals surface area contributed by atoms with Crippen molar-refractivity contribution in [2.45, 2.75) is 5.72 Å². The maximum atomic E-state index is 5.87. The number of ether oxygens (including phenoxy) is 1. The minimum absolute atomic E-state index is 0.379. The molecular weight excluding hydrogens is 186 g/mol. The number of hydrogen-bond donors (Lipinski definition) is 1. The average molecular weight is 196 g/mol. The van der Waals surface area contributed by atoms with E-state index >= 15 is 0 Å². The van der Waals surface area contributed by atoms with Gasteiger partial charge in [-0.2, -0.15) is 0 Å². The van der Waals surface area contributed by atoms with Crippen LogP contribution in [0.2, 0.25) is 0 Å². The lowest BCUT2D eigenvalue weighted by molar-refractivity contribution is 0.0438. The molecule has 0 amide bonds. The maximum absolute atomic E-state index is 5.87. The zero-order valence-corrected chi connectivity index (χ0v) is 7.79. The third kappa shape index (κ3) is 1.38. The number of benzene rings is 1. The summed E-state index contributed by atoms with van der Waals surface area (Å²) in [4.78, 5) is 0. The summed E-state index contributed by atoms with van der Waals surface area (Å²) in [5, 5.41) is 3.10. The molecule has 1 heterocycles. The van der Waals surface area contributed by atoms with Crippen molar-refractivity contribution in [3.63, 3.8) is 0 Å². The molecule has 0 spiro atoms. The van der Waals surface area contributed by atoms with Crippen molar-refractivity contribution in [1.29, 1.82) is 0 Å². The summed E-state index contributed by atoms with van der Waals surface area (Å²) < 4.78 is 5.45. The van der Waals surface area contributed by atoms with Crippen molar-refractivity contribution in [3.05, 3.63) is 48.4 Å². The SMILES string of the molecule is ClCC1(c2ccccc2)NC=CO1. The Kier molecular flexibility index (Phi) is 2.15. The van der Waals surface area contributed by atoms with E-state index in [-0.39, 0.29) is 0 Å². The fourth-order valence-corrected chi connectivity index (χ4v) is 1.65. The zero-order chi connectivity index (χ0) is 9.15. The first-order valence-electron chi connectivity index (χ1n) is 4.09. The van der Waals surface area contributed by atoms with Crippen LogP contribution in [0.25, 0.3) is 0 Å².